The summed E-state index contributed by atoms with van der Waals surface area (Å²) >= 11 is 0. The lowest BCUT2D eigenvalue weighted by Gasteiger charge is -2.15. The van der Waals surface area contributed by atoms with Crippen molar-refractivity contribution in [2.24, 2.45) is 0 Å². The van der Waals surface area contributed by atoms with Gasteiger partial charge in [-0.25, -0.2) is 0 Å². The van der Waals surface area contributed by atoms with Crippen LogP contribution in [0, 0.1) is 7.05 Å². The fraction of sp³-hybridized carbons (Fsp3) is 0.857. The van der Waals surface area contributed by atoms with E-state index in [9.17, 15) is 0 Å². The van der Waals surface area contributed by atoms with Gasteiger partial charge in [0, 0.05) is 13.1 Å². The minimum atomic E-state index is 0.787. The van der Waals surface area contributed by atoms with Crippen molar-refractivity contribution in [1.29, 1.82) is 0 Å². The van der Waals surface area contributed by atoms with E-state index in [0.717, 1.165) is 6.04 Å². The van der Waals surface area contributed by atoms with E-state index in [0.29, 0.717) is 0 Å². The molecule has 1 unspecified atom stereocenters. The first kappa shape index (κ1) is 6.09. The molecular formula is C7H14N. The van der Waals surface area contributed by atoms with E-state index in [1.807, 2.05) is 0 Å². The second-order valence-electron chi connectivity index (χ2n) is 2.52. The molecule has 0 aromatic rings. The highest BCUT2D eigenvalue weighted by atomic mass is 15.1. The van der Waals surface area contributed by atoms with Crippen LogP contribution in [0.25, 0.3) is 0 Å². The molecule has 1 fully saturated rings. The summed E-state index contributed by atoms with van der Waals surface area (Å²) in [4.78, 5) is 2.21. The van der Waals surface area contributed by atoms with E-state index in [4.69, 9.17) is 0 Å². The maximum Gasteiger partial charge on any atom is 0.0112 e. The second-order valence-corrected chi connectivity index (χ2v) is 2.52. The Bertz CT molecular complexity index is 70.8. The van der Waals surface area contributed by atoms with Crippen LogP contribution in [0.2, 0.25) is 0 Å². The van der Waals surface area contributed by atoms with E-state index < -0.39 is 0 Å². The first-order valence-corrected chi connectivity index (χ1v) is 3.41. The fourth-order valence-electron chi connectivity index (χ4n) is 1.36. The van der Waals surface area contributed by atoms with Crippen LogP contribution >= 0.6 is 0 Å². The molecule has 8 heavy (non-hydrogen) atoms. The van der Waals surface area contributed by atoms with E-state index >= 15 is 0 Å². The van der Waals surface area contributed by atoms with Crippen LogP contribution in [0.1, 0.15) is 26.2 Å². The lowest BCUT2D eigenvalue weighted by Crippen LogP contribution is -2.21. The highest BCUT2D eigenvalue weighted by molar-refractivity contribution is 4.76. The van der Waals surface area contributed by atoms with Crippen LogP contribution in [-0.2, 0) is 0 Å². The highest BCUT2D eigenvalue weighted by Crippen LogP contribution is 2.17. The van der Waals surface area contributed by atoms with Gasteiger partial charge in [0.1, 0.15) is 0 Å². The zero-order chi connectivity index (χ0) is 5.98. The largest absolute Gasteiger partial charge is 0.299 e. The van der Waals surface area contributed by atoms with Gasteiger partial charge < -0.3 is 0 Å². The van der Waals surface area contributed by atoms with Crippen molar-refractivity contribution >= 4 is 0 Å². The van der Waals surface area contributed by atoms with Gasteiger partial charge in [-0.05, 0) is 25.8 Å². The molecule has 0 aromatic heterocycles. The monoisotopic (exact) mass is 112 g/mol. The highest BCUT2D eigenvalue weighted by Gasteiger charge is 2.17. The topological polar surface area (TPSA) is 3.24 Å². The lowest BCUT2D eigenvalue weighted by molar-refractivity contribution is 0.336. The molecule has 1 heteroatoms. The maximum atomic E-state index is 3.92. The molecule has 1 heterocycles. The molecular weight excluding hydrogens is 98.1 g/mol. The molecule has 0 aromatic carbocycles. The van der Waals surface area contributed by atoms with Gasteiger partial charge in [0.2, 0.25) is 0 Å². The third-order valence-corrected chi connectivity index (χ3v) is 1.97. The molecule has 1 rings (SSSR count). The van der Waals surface area contributed by atoms with Gasteiger partial charge in [-0.2, -0.15) is 0 Å². The maximum absolute atomic E-state index is 3.92. The summed E-state index contributed by atoms with van der Waals surface area (Å²) in [6.07, 6.45) is 3.98. The molecule has 1 aliphatic heterocycles. The van der Waals surface area contributed by atoms with Crippen LogP contribution in [0.4, 0.5) is 0 Å². The average Bonchev–Trinajstić information content (AvgIpc) is 2.14. The van der Waals surface area contributed by atoms with E-state index in [2.05, 4.69) is 18.9 Å². The van der Waals surface area contributed by atoms with E-state index in [1.165, 1.54) is 25.8 Å². The number of hydrogen-bond acceptors (Lipinski definition) is 1. The van der Waals surface area contributed by atoms with Crippen molar-refractivity contribution < 1.29 is 0 Å². The second kappa shape index (κ2) is 2.49. The molecule has 0 N–H and O–H groups in total. The van der Waals surface area contributed by atoms with Crippen LogP contribution in [0.5, 0.6) is 0 Å². The van der Waals surface area contributed by atoms with Crippen LogP contribution in [-0.4, -0.2) is 17.5 Å². The van der Waals surface area contributed by atoms with Gasteiger partial charge in [-0.3, -0.25) is 4.90 Å². The summed E-state index contributed by atoms with van der Waals surface area (Å²) in [5, 5.41) is 0. The number of nitrogens with zero attached hydrogens (tertiary/aromatic N) is 1. The quantitative estimate of drug-likeness (QED) is 0.498. The number of hydrogen-bond donors (Lipinski definition) is 0. The predicted molar refractivity (Wildman–Crippen MR) is 35.4 cm³/mol. The SMILES string of the molecule is [CH2]N1CCCC1CC. The Morgan fingerprint density at radius 1 is 1.75 bits per heavy atom. The lowest BCUT2D eigenvalue weighted by atomic mass is 10.2. The van der Waals surface area contributed by atoms with Crippen molar-refractivity contribution in [2.45, 2.75) is 32.2 Å². The predicted octanol–water partition coefficient (Wildman–Crippen LogP) is 1.65. The first-order chi connectivity index (χ1) is 3.84. The minimum Gasteiger partial charge on any atom is -0.299 e. The van der Waals surface area contributed by atoms with Gasteiger partial charge in [-0.15, -0.1) is 0 Å². The summed E-state index contributed by atoms with van der Waals surface area (Å²) in [6.45, 7) is 3.44. The van der Waals surface area contributed by atoms with Crippen molar-refractivity contribution in [3.8, 4) is 0 Å². The Balaban J connectivity index is 2.30. The Labute approximate surface area is 51.7 Å². The minimum absolute atomic E-state index is 0.787. The van der Waals surface area contributed by atoms with Crippen molar-refractivity contribution in [2.75, 3.05) is 6.54 Å². The first-order valence-electron chi connectivity index (χ1n) is 3.41. The average molecular weight is 112 g/mol. The van der Waals surface area contributed by atoms with Gasteiger partial charge >= 0.3 is 0 Å². The molecule has 0 amide bonds. The summed E-state index contributed by atoms with van der Waals surface area (Å²) < 4.78 is 0. The zero-order valence-corrected chi connectivity index (χ0v) is 5.56. The van der Waals surface area contributed by atoms with Gasteiger partial charge in [0.15, 0.2) is 0 Å². The van der Waals surface area contributed by atoms with Crippen molar-refractivity contribution in [3.05, 3.63) is 7.05 Å². The summed E-state index contributed by atoms with van der Waals surface area (Å²) in [5.41, 5.74) is 0. The van der Waals surface area contributed by atoms with Gasteiger partial charge in [-0.1, -0.05) is 6.92 Å². The Morgan fingerprint density at radius 2 is 2.50 bits per heavy atom. The van der Waals surface area contributed by atoms with Crippen molar-refractivity contribution in [1.82, 2.24) is 4.90 Å². The summed E-state index contributed by atoms with van der Waals surface area (Å²) in [5.74, 6) is 0. The molecule has 1 atom stereocenters. The molecule has 1 nitrogen and oxygen atoms in total. The van der Waals surface area contributed by atoms with Crippen LogP contribution in [0.3, 0.4) is 0 Å². The smallest absolute Gasteiger partial charge is 0.0112 e. The van der Waals surface area contributed by atoms with Gasteiger partial charge in [0.05, 0.1) is 0 Å². The zero-order valence-electron chi connectivity index (χ0n) is 5.56. The molecule has 1 saturated heterocycles. The normalized spacial score (nSPS) is 31.5. The molecule has 47 valence electrons. The molecule has 1 radical (unpaired) electrons. The summed E-state index contributed by atoms with van der Waals surface area (Å²) in [6, 6.07) is 0.787. The molecule has 1 aliphatic rings. The van der Waals surface area contributed by atoms with E-state index in [-0.39, 0.29) is 0 Å². The third-order valence-electron chi connectivity index (χ3n) is 1.97. The molecule has 0 aliphatic carbocycles. The summed E-state index contributed by atoms with van der Waals surface area (Å²) in [7, 11) is 3.92. The molecule has 0 spiro atoms. The van der Waals surface area contributed by atoms with E-state index in [1.54, 1.807) is 0 Å². The number of likely N-dealkylation sites (tertiary alicyclic amines) is 1. The third kappa shape index (κ3) is 1.03. The standard InChI is InChI=1S/C7H14N/c1-3-7-5-4-6-8(7)2/h7H,2-6H2,1H3. The molecule has 0 bridgehead atoms. The van der Waals surface area contributed by atoms with Crippen LogP contribution < -0.4 is 0 Å². The molecule has 0 saturated carbocycles. The Morgan fingerprint density at radius 3 is 2.75 bits per heavy atom. The van der Waals surface area contributed by atoms with Crippen molar-refractivity contribution in [3.63, 3.8) is 0 Å². The van der Waals surface area contributed by atoms with Crippen LogP contribution in [0.15, 0.2) is 0 Å². The Kier molecular flexibility index (Phi) is 1.90. The Hall–Kier alpha value is -0.0400. The van der Waals surface area contributed by atoms with Gasteiger partial charge in [0.25, 0.3) is 0 Å². The fourth-order valence-corrected chi connectivity index (χ4v) is 1.36. The number of rotatable bonds is 1.